The van der Waals surface area contributed by atoms with Gasteiger partial charge in [0.1, 0.15) is 0 Å². The number of benzene rings is 2. The van der Waals surface area contributed by atoms with Crippen LogP contribution in [0.3, 0.4) is 0 Å². The molecule has 3 rings (SSSR count). The number of amides is 1. The molecule has 0 fully saturated rings. The predicted octanol–water partition coefficient (Wildman–Crippen LogP) is 5.19. The average molecular weight is 423 g/mol. The van der Waals surface area contributed by atoms with Crippen LogP contribution in [0.2, 0.25) is 0 Å². The molecule has 0 saturated carbocycles. The molecule has 3 aromatic rings. The molecule has 0 N–H and O–H groups in total. The Bertz CT molecular complexity index is 970. The second kappa shape index (κ2) is 10.4. The molecular weight excluding hydrogens is 392 g/mol. The highest BCUT2D eigenvalue weighted by atomic mass is 32.2. The van der Waals surface area contributed by atoms with Gasteiger partial charge in [0.2, 0.25) is 5.91 Å². The minimum Gasteiger partial charge on any atom is -0.338 e. The van der Waals surface area contributed by atoms with E-state index in [1.54, 1.807) is 0 Å². The predicted molar refractivity (Wildman–Crippen MR) is 123 cm³/mol. The van der Waals surface area contributed by atoms with Crippen molar-refractivity contribution >= 4 is 17.7 Å². The molecular formula is C24H30N4OS. The molecule has 1 amide bonds. The third kappa shape index (κ3) is 5.30. The lowest BCUT2D eigenvalue weighted by Gasteiger charge is -2.24. The number of hydrogen-bond donors (Lipinski definition) is 0. The second-order valence-corrected chi connectivity index (χ2v) is 8.73. The smallest absolute Gasteiger partial charge is 0.236 e. The third-order valence-electron chi connectivity index (χ3n) is 4.98. The van der Waals surface area contributed by atoms with Crippen molar-refractivity contribution in [2.45, 2.75) is 57.6 Å². The summed E-state index contributed by atoms with van der Waals surface area (Å²) in [6, 6.07) is 18.4. The Balaban J connectivity index is 1.78. The van der Waals surface area contributed by atoms with Gasteiger partial charge >= 0.3 is 0 Å². The summed E-state index contributed by atoms with van der Waals surface area (Å²) in [5, 5.41) is 9.46. The first-order chi connectivity index (χ1) is 14.5. The maximum absolute atomic E-state index is 13.1. The van der Waals surface area contributed by atoms with Crippen LogP contribution >= 0.6 is 11.8 Å². The normalized spacial score (nSPS) is 12.0. The van der Waals surface area contributed by atoms with Crippen molar-refractivity contribution in [3.8, 4) is 11.4 Å². The quantitative estimate of drug-likeness (QED) is 0.445. The zero-order valence-electron chi connectivity index (χ0n) is 18.2. The summed E-state index contributed by atoms with van der Waals surface area (Å²) in [6.45, 7) is 10.3. The van der Waals surface area contributed by atoms with Crippen molar-refractivity contribution in [3.63, 3.8) is 0 Å². The van der Waals surface area contributed by atoms with Crippen LogP contribution in [-0.2, 0) is 17.9 Å². The summed E-state index contributed by atoms with van der Waals surface area (Å²) in [7, 11) is 0. The van der Waals surface area contributed by atoms with Gasteiger partial charge < -0.3 is 9.47 Å². The van der Waals surface area contributed by atoms with E-state index in [1.165, 1.54) is 17.3 Å². The van der Waals surface area contributed by atoms with Crippen molar-refractivity contribution in [1.82, 2.24) is 19.7 Å². The Morgan fingerprint density at radius 1 is 1.10 bits per heavy atom. The third-order valence-corrected chi connectivity index (χ3v) is 6.05. The van der Waals surface area contributed by atoms with Gasteiger partial charge in [-0.25, -0.2) is 0 Å². The van der Waals surface area contributed by atoms with Crippen LogP contribution in [0, 0.1) is 6.92 Å². The van der Waals surface area contributed by atoms with Gasteiger partial charge in [-0.2, -0.15) is 0 Å². The average Bonchev–Trinajstić information content (AvgIpc) is 3.14. The molecule has 0 aliphatic heterocycles. The molecule has 30 heavy (non-hydrogen) atoms. The molecule has 2 aromatic carbocycles. The van der Waals surface area contributed by atoms with Gasteiger partial charge in [0, 0.05) is 25.2 Å². The van der Waals surface area contributed by atoms with Gasteiger partial charge in [-0.05, 0) is 38.8 Å². The number of hydrogen-bond acceptors (Lipinski definition) is 4. The fraction of sp³-hybridized carbons (Fsp3) is 0.375. The summed E-state index contributed by atoms with van der Waals surface area (Å²) in [5.74, 6) is 0.980. The molecule has 1 aromatic heterocycles. The van der Waals surface area contributed by atoms with E-state index in [9.17, 15) is 4.79 Å². The van der Waals surface area contributed by atoms with Gasteiger partial charge in [-0.15, -0.1) is 10.2 Å². The van der Waals surface area contributed by atoms with E-state index >= 15 is 0 Å². The van der Waals surface area contributed by atoms with Crippen molar-refractivity contribution in [2.75, 3.05) is 6.54 Å². The van der Waals surface area contributed by atoms with E-state index in [0.717, 1.165) is 35.1 Å². The molecule has 158 valence electrons. The number of thioether (sulfide) groups is 1. The largest absolute Gasteiger partial charge is 0.338 e. The van der Waals surface area contributed by atoms with Gasteiger partial charge in [-0.3, -0.25) is 4.79 Å². The number of carbonyl (C=O) groups excluding carboxylic acids is 1. The molecule has 0 spiro atoms. The Kier molecular flexibility index (Phi) is 7.69. The van der Waals surface area contributed by atoms with Gasteiger partial charge in [0.15, 0.2) is 11.0 Å². The van der Waals surface area contributed by atoms with Crippen LogP contribution in [0.4, 0.5) is 0 Å². The molecule has 6 heteroatoms. The highest BCUT2D eigenvalue weighted by molar-refractivity contribution is 8.00. The molecule has 0 aliphatic rings. The van der Waals surface area contributed by atoms with Crippen LogP contribution in [0.15, 0.2) is 59.8 Å². The first kappa shape index (κ1) is 22.1. The van der Waals surface area contributed by atoms with E-state index in [0.29, 0.717) is 13.1 Å². The number of nitrogens with zero attached hydrogens (tertiary/aromatic N) is 4. The molecule has 0 radical (unpaired) electrons. The fourth-order valence-electron chi connectivity index (χ4n) is 3.41. The van der Waals surface area contributed by atoms with Crippen molar-refractivity contribution < 1.29 is 4.79 Å². The van der Waals surface area contributed by atoms with E-state index in [-0.39, 0.29) is 11.2 Å². The summed E-state index contributed by atoms with van der Waals surface area (Å²) < 4.78 is 2.14. The Labute approximate surface area is 183 Å². The minimum absolute atomic E-state index is 0.120. The zero-order chi connectivity index (χ0) is 21.5. The van der Waals surface area contributed by atoms with Crippen molar-refractivity contribution in [1.29, 1.82) is 0 Å². The number of aromatic nitrogens is 3. The molecule has 0 saturated heterocycles. The van der Waals surface area contributed by atoms with Crippen LogP contribution in [-0.4, -0.2) is 37.4 Å². The lowest BCUT2D eigenvalue weighted by atomic mass is 10.1. The van der Waals surface area contributed by atoms with E-state index < -0.39 is 0 Å². The minimum atomic E-state index is -0.237. The molecule has 5 nitrogen and oxygen atoms in total. The molecule has 1 unspecified atom stereocenters. The van der Waals surface area contributed by atoms with Crippen molar-refractivity contribution in [3.05, 3.63) is 65.7 Å². The van der Waals surface area contributed by atoms with Crippen LogP contribution in [0.25, 0.3) is 11.4 Å². The zero-order valence-corrected chi connectivity index (χ0v) is 19.0. The number of aryl methyl sites for hydroxylation is 1. The number of carbonyl (C=O) groups is 1. The Hall–Kier alpha value is -2.60. The standard InChI is InChI=1S/C24H30N4OS/c1-5-15-28-22(21-14-10-11-18(3)16-21)25-26-24(28)30-19(4)23(29)27(6-2)17-20-12-8-7-9-13-20/h7-14,16,19H,5-6,15,17H2,1-4H3. The topological polar surface area (TPSA) is 51.0 Å². The lowest BCUT2D eigenvalue weighted by Crippen LogP contribution is -2.36. The van der Waals surface area contributed by atoms with Crippen LogP contribution in [0.5, 0.6) is 0 Å². The maximum atomic E-state index is 13.1. The van der Waals surface area contributed by atoms with E-state index in [1.807, 2.05) is 43.0 Å². The number of rotatable bonds is 9. The highest BCUT2D eigenvalue weighted by Gasteiger charge is 2.24. The summed E-state index contributed by atoms with van der Waals surface area (Å²) in [6.07, 6.45) is 0.974. The second-order valence-electron chi connectivity index (χ2n) is 7.43. The summed E-state index contributed by atoms with van der Waals surface area (Å²) in [5.41, 5.74) is 3.39. The van der Waals surface area contributed by atoms with Gasteiger partial charge in [0.05, 0.1) is 5.25 Å². The fourth-order valence-corrected chi connectivity index (χ4v) is 4.37. The van der Waals surface area contributed by atoms with Crippen LogP contribution in [0.1, 0.15) is 38.3 Å². The highest BCUT2D eigenvalue weighted by Crippen LogP contribution is 2.28. The molecule has 0 aliphatic carbocycles. The van der Waals surface area contributed by atoms with Crippen LogP contribution < -0.4 is 0 Å². The Morgan fingerprint density at radius 3 is 2.53 bits per heavy atom. The molecule has 0 bridgehead atoms. The molecule has 1 heterocycles. The van der Waals surface area contributed by atoms with E-state index in [2.05, 4.69) is 58.9 Å². The lowest BCUT2D eigenvalue weighted by molar-refractivity contribution is -0.130. The maximum Gasteiger partial charge on any atom is 0.236 e. The SMILES string of the molecule is CCCn1c(SC(C)C(=O)N(CC)Cc2ccccc2)nnc1-c1cccc(C)c1. The van der Waals surface area contributed by atoms with E-state index in [4.69, 9.17) is 0 Å². The monoisotopic (exact) mass is 422 g/mol. The summed E-state index contributed by atoms with van der Waals surface area (Å²) in [4.78, 5) is 15.0. The Morgan fingerprint density at radius 2 is 1.87 bits per heavy atom. The first-order valence-electron chi connectivity index (χ1n) is 10.5. The van der Waals surface area contributed by atoms with Gasteiger partial charge in [0.25, 0.3) is 0 Å². The van der Waals surface area contributed by atoms with Gasteiger partial charge in [-0.1, -0.05) is 72.8 Å². The molecule has 1 atom stereocenters. The first-order valence-corrected chi connectivity index (χ1v) is 11.4. The summed E-state index contributed by atoms with van der Waals surface area (Å²) >= 11 is 1.49. The van der Waals surface area contributed by atoms with Crippen molar-refractivity contribution in [2.24, 2.45) is 0 Å².